The summed E-state index contributed by atoms with van der Waals surface area (Å²) >= 11 is 0. The minimum absolute atomic E-state index is 0.146. The fourth-order valence-electron chi connectivity index (χ4n) is 3.97. The summed E-state index contributed by atoms with van der Waals surface area (Å²) < 4.78 is 12.1. The van der Waals surface area contributed by atoms with Gasteiger partial charge in [-0.05, 0) is 42.9 Å². The van der Waals surface area contributed by atoms with Crippen molar-refractivity contribution in [1.82, 2.24) is 4.90 Å². The van der Waals surface area contributed by atoms with Crippen LogP contribution in [-0.2, 0) is 28.2 Å². The molecule has 1 saturated heterocycles. The largest absolute Gasteiger partial charge is 0.377 e. The third kappa shape index (κ3) is 5.66. The molecule has 0 aliphatic carbocycles. The second-order valence-electron chi connectivity index (χ2n) is 7.79. The Balaban J connectivity index is 1.67. The van der Waals surface area contributed by atoms with Crippen LogP contribution in [0.4, 0.5) is 0 Å². The van der Waals surface area contributed by atoms with E-state index >= 15 is 0 Å². The van der Waals surface area contributed by atoms with E-state index in [0.717, 1.165) is 52.1 Å². The molecule has 0 radical (unpaired) electrons. The zero-order valence-corrected chi connectivity index (χ0v) is 17.5. The van der Waals surface area contributed by atoms with Gasteiger partial charge < -0.3 is 9.47 Å². The molecule has 0 unspecified atom stereocenters. The Hall–Kier alpha value is -1.68. The lowest BCUT2D eigenvalue weighted by Gasteiger charge is -2.42. The molecular formula is C25H35NO2. The van der Waals surface area contributed by atoms with Gasteiger partial charge in [0.1, 0.15) is 0 Å². The Bertz CT molecular complexity index is 675. The number of rotatable bonds is 10. The summed E-state index contributed by atoms with van der Waals surface area (Å²) in [6, 6.07) is 19.7. The van der Waals surface area contributed by atoms with Gasteiger partial charge in [-0.1, -0.05) is 67.9 Å². The highest BCUT2D eigenvalue weighted by Crippen LogP contribution is 2.37. The van der Waals surface area contributed by atoms with Crippen LogP contribution in [0, 0.1) is 0 Å². The molecule has 0 N–H and O–H groups in total. The molecule has 2 aromatic carbocycles. The van der Waals surface area contributed by atoms with Gasteiger partial charge in [0.25, 0.3) is 0 Å². The number of likely N-dealkylation sites (tertiary alicyclic amines) is 1. The van der Waals surface area contributed by atoms with Crippen LogP contribution in [0.3, 0.4) is 0 Å². The van der Waals surface area contributed by atoms with Crippen molar-refractivity contribution in [2.75, 3.05) is 26.3 Å². The van der Waals surface area contributed by atoms with Crippen LogP contribution < -0.4 is 0 Å². The third-order valence-corrected chi connectivity index (χ3v) is 5.74. The molecular weight excluding hydrogens is 346 g/mol. The predicted molar refractivity (Wildman–Crippen MR) is 115 cm³/mol. The Morgan fingerprint density at radius 2 is 1.61 bits per heavy atom. The first kappa shape index (κ1) is 21.0. The highest BCUT2D eigenvalue weighted by molar-refractivity contribution is 5.28. The molecule has 28 heavy (non-hydrogen) atoms. The normalized spacial score (nSPS) is 16.9. The minimum Gasteiger partial charge on any atom is -0.377 e. The van der Waals surface area contributed by atoms with Crippen molar-refractivity contribution in [3.8, 4) is 0 Å². The van der Waals surface area contributed by atoms with Crippen molar-refractivity contribution < 1.29 is 9.47 Å². The Labute approximate surface area is 170 Å². The topological polar surface area (TPSA) is 21.7 Å². The summed E-state index contributed by atoms with van der Waals surface area (Å²) in [7, 11) is 0. The van der Waals surface area contributed by atoms with Crippen molar-refractivity contribution in [3.05, 3.63) is 71.3 Å². The van der Waals surface area contributed by atoms with Gasteiger partial charge >= 0.3 is 0 Å². The summed E-state index contributed by atoms with van der Waals surface area (Å²) in [6.07, 6.45) is 4.39. The fraction of sp³-hybridized carbons (Fsp3) is 0.520. The number of ether oxygens (including phenoxy) is 2. The average molecular weight is 382 g/mol. The maximum Gasteiger partial charge on any atom is 0.0955 e. The molecule has 0 atom stereocenters. The van der Waals surface area contributed by atoms with Crippen molar-refractivity contribution in [3.63, 3.8) is 0 Å². The standard InChI is InChI=1S/C25H35NO2/c1-3-5-19-28-25(24-13-11-23(12-14-24)21-27-4-2)15-17-26(18-16-25)20-22-9-7-6-8-10-22/h6-14H,3-5,15-21H2,1-2H3. The molecule has 0 spiro atoms. The second kappa shape index (κ2) is 10.8. The number of hydrogen-bond donors (Lipinski definition) is 0. The quantitative estimate of drug-likeness (QED) is 0.505. The van der Waals surface area contributed by atoms with Gasteiger partial charge in [0.15, 0.2) is 0 Å². The summed E-state index contributed by atoms with van der Waals surface area (Å²) in [6.45, 7) is 9.71. The monoisotopic (exact) mass is 381 g/mol. The maximum absolute atomic E-state index is 6.56. The minimum atomic E-state index is -0.146. The van der Waals surface area contributed by atoms with Crippen LogP contribution in [0.25, 0.3) is 0 Å². The molecule has 0 saturated carbocycles. The van der Waals surface area contributed by atoms with Crippen molar-refractivity contribution in [2.24, 2.45) is 0 Å². The van der Waals surface area contributed by atoms with E-state index in [1.54, 1.807) is 0 Å². The molecule has 1 fully saturated rings. The lowest BCUT2D eigenvalue weighted by Crippen LogP contribution is -2.44. The molecule has 152 valence electrons. The molecule has 2 aromatic rings. The predicted octanol–water partition coefficient (Wildman–Crippen LogP) is 5.53. The van der Waals surface area contributed by atoms with Gasteiger partial charge in [-0.2, -0.15) is 0 Å². The first-order valence-corrected chi connectivity index (χ1v) is 10.8. The smallest absolute Gasteiger partial charge is 0.0955 e. The van der Waals surface area contributed by atoms with Crippen molar-refractivity contribution in [2.45, 2.75) is 58.3 Å². The zero-order valence-electron chi connectivity index (χ0n) is 17.5. The van der Waals surface area contributed by atoms with E-state index < -0.39 is 0 Å². The van der Waals surface area contributed by atoms with Gasteiger partial charge in [0.2, 0.25) is 0 Å². The van der Waals surface area contributed by atoms with E-state index in [1.165, 1.54) is 23.1 Å². The van der Waals surface area contributed by atoms with Gasteiger partial charge in [0.05, 0.1) is 12.2 Å². The molecule has 1 aliphatic rings. The zero-order chi connectivity index (χ0) is 19.7. The van der Waals surface area contributed by atoms with E-state index in [0.29, 0.717) is 6.61 Å². The Morgan fingerprint density at radius 3 is 2.25 bits per heavy atom. The van der Waals surface area contributed by atoms with Crippen LogP contribution in [0.1, 0.15) is 56.2 Å². The van der Waals surface area contributed by atoms with Gasteiger partial charge in [0, 0.05) is 32.8 Å². The summed E-state index contributed by atoms with van der Waals surface area (Å²) in [5.41, 5.74) is 3.80. The molecule has 0 aromatic heterocycles. The lowest BCUT2D eigenvalue weighted by atomic mass is 9.83. The maximum atomic E-state index is 6.56. The van der Waals surface area contributed by atoms with Gasteiger partial charge in [-0.15, -0.1) is 0 Å². The lowest BCUT2D eigenvalue weighted by molar-refractivity contribution is -0.0918. The first-order chi connectivity index (χ1) is 13.8. The van der Waals surface area contributed by atoms with Crippen molar-refractivity contribution in [1.29, 1.82) is 0 Å². The number of piperidine rings is 1. The number of hydrogen-bond acceptors (Lipinski definition) is 3. The van der Waals surface area contributed by atoms with Crippen molar-refractivity contribution >= 4 is 0 Å². The van der Waals surface area contributed by atoms with Crippen LogP contribution in [-0.4, -0.2) is 31.2 Å². The molecule has 3 rings (SSSR count). The Morgan fingerprint density at radius 1 is 0.893 bits per heavy atom. The van der Waals surface area contributed by atoms with Crippen LogP contribution in [0.2, 0.25) is 0 Å². The molecule has 0 bridgehead atoms. The second-order valence-corrected chi connectivity index (χ2v) is 7.79. The summed E-state index contributed by atoms with van der Waals surface area (Å²) in [4.78, 5) is 2.56. The van der Waals surface area contributed by atoms with E-state index in [4.69, 9.17) is 9.47 Å². The molecule has 3 nitrogen and oxygen atoms in total. The fourth-order valence-corrected chi connectivity index (χ4v) is 3.97. The van der Waals surface area contributed by atoms with Crippen LogP contribution in [0.15, 0.2) is 54.6 Å². The van der Waals surface area contributed by atoms with Gasteiger partial charge in [-0.25, -0.2) is 0 Å². The Kier molecular flexibility index (Phi) is 8.08. The summed E-state index contributed by atoms with van der Waals surface area (Å²) in [5.74, 6) is 0. The number of nitrogens with zero attached hydrogens (tertiary/aromatic N) is 1. The molecule has 1 aliphatic heterocycles. The third-order valence-electron chi connectivity index (χ3n) is 5.74. The van der Waals surface area contributed by atoms with Crippen LogP contribution >= 0.6 is 0 Å². The number of benzene rings is 2. The van der Waals surface area contributed by atoms with E-state index in [2.05, 4.69) is 66.4 Å². The first-order valence-electron chi connectivity index (χ1n) is 10.8. The van der Waals surface area contributed by atoms with E-state index in [-0.39, 0.29) is 5.60 Å². The highest BCUT2D eigenvalue weighted by Gasteiger charge is 2.37. The van der Waals surface area contributed by atoms with Crippen LogP contribution in [0.5, 0.6) is 0 Å². The number of unbranched alkanes of at least 4 members (excludes halogenated alkanes) is 1. The van der Waals surface area contributed by atoms with E-state index in [9.17, 15) is 0 Å². The SMILES string of the molecule is CCCCOC1(c2ccc(COCC)cc2)CCN(Cc2ccccc2)CC1. The average Bonchev–Trinajstić information content (AvgIpc) is 2.75. The molecule has 3 heteroatoms. The van der Waals surface area contributed by atoms with E-state index in [1.807, 2.05) is 6.92 Å². The highest BCUT2D eigenvalue weighted by atomic mass is 16.5. The summed E-state index contributed by atoms with van der Waals surface area (Å²) in [5, 5.41) is 0. The molecule has 0 amide bonds. The van der Waals surface area contributed by atoms with Gasteiger partial charge in [-0.3, -0.25) is 4.90 Å². The molecule has 1 heterocycles.